The third-order valence-electron chi connectivity index (χ3n) is 4.05. The Labute approximate surface area is 136 Å². The van der Waals surface area contributed by atoms with Crippen molar-refractivity contribution in [3.63, 3.8) is 0 Å². The Kier molecular flexibility index (Phi) is 5.69. The second-order valence-corrected chi connectivity index (χ2v) is 5.77. The minimum atomic E-state index is -4.81. The second kappa shape index (κ2) is 7.55. The lowest BCUT2D eigenvalue weighted by atomic mass is 9.81. The molecular weight excluding hydrogens is 327 g/mol. The molecule has 2 N–H and O–H groups in total. The molecule has 1 amide bonds. The highest BCUT2D eigenvalue weighted by Gasteiger charge is 2.33. The van der Waals surface area contributed by atoms with Crippen molar-refractivity contribution < 1.29 is 32.6 Å². The van der Waals surface area contributed by atoms with Gasteiger partial charge in [-0.2, -0.15) is 0 Å². The van der Waals surface area contributed by atoms with Crippen LogP contribution in [0, 0.1) is 11.8 Å². The van der Waals surface area contributed by atoms with Gasteiger partial charge in [-0.05, 0) is 25.3 Å². The molecular formula is C16H18F3NO4. The zero-order chi connectivity index (χ0) is 17.7. The second-order valence-electron chi connectivity index (χ2n) is 5.77. The smallest absolute Gasteiger partial charge is 0.481 e. The molecule has 24 heavy (non-hydrogen) atoms. The molecule has 1 saturated carbocycles. The van der Waals surface area contributed by atoms with E-state index in [4.69, 9.17) is 5.11 Å². The molecule has 0 bridgehead atoms. The van der Waals surface area contributed by atoms with Crippen LogP contribution in [0.3, 0.4) is 0 Å². The quantitative estimate of drug-likeness (QED) is 0.860. The first-order chi connectivity index (χ1) is 11.3. The van der Waals surface area contributed by atoms with Gasteiger partial charge in [-0.1, -0.05) is 24.6 Å². The fourth-order valence-electron chi connectivity index (χ4n) is 2.85. The SMILES string of the molecule is O=C(O)C1CCCC(C(=O)NCc2ccccc2OC(F)(F)F)C1. The molecule has 1 aromatic carbocycles. The number of hydrogen-bond acceptors (Lipinski definition) is 3. The van der Waals surface area contributed by atoms with Crippen LogP contribution in [0.4, 0.5) is 13.2 Å². The zero-order valence-corrected chi connectivity index (χ0v) is 12.8. The van der Waals surface area contributed by atoms with E-state index in [0.717, 1.165) is 0 Å². The van der Waals surface area contributed by atoms with E-state index in [-0.39, 0.29) is 30.2 Å². The lowest BCUT2D eigenvalue weighted by Gasteiger charge is -2.25. The average Bonchev–Trinajstić information content (AvgIpc) is 2.52. The summed E-state index contributed by atoms with van der Waals surface area (Å²) in [7, 11) is 0. The Morgan fingerprint density at radius 2 is 1.88 bits per heavy atom. The number of amides is 1. The standard InChI is InChI=1S/C16H18F3NO4/c17-16(18,19)24-13-7-2-1-4-12(13)9-20-14(21)10-5-3-6-11(8-10)15(22)23/h1-2,4,7,10-11H,3,5-6,8-9H2,(H,20,21)(H,22,23). The van der Waals surface area contributed by atoms with E-state index in [1.165, 1.54) is 18.2 Å². The minimum absolute atomic E-state index is 0.112. The molecule has 1 aliphatic carbocycles. The largest absolute Gasteiger partial charge is 0.573 e. The Balaban J connectivity index is 1.96. The van der Waals surface area contributed by atoms with Crippen LogP contribution in [-0.4, -0.2) is 23.3 Å². The zero-order valence-electron chi connectivity index (χ0n) is 12.8. The lowest BCUT2D eigenvalue weighted by molar-refractivity contribution is -0.274. The molecule has 0 heterocycles. The van der Waals surface area contributed by atoms with Gasteiger partial charge < -0.3 is 15.2 Å². The van der Waals surface area contributed by atoms with Crippen molar-refractivity contribution in [3.8, 4) is 5.75 Å². The number of carboxylic acids is 1. The van der Waals surface area contributed by atoms with Crippen molar-refractivity contribution in [2.45, 2.75) is 38.6 Å². The fourth-order valence-corrected chi connectivity index (χ4v) is 2.85. The van der Waals surface area contributed by atoms with Crippen LogP contribution in [-0.2, 0) is 16.1 Å². The summed E-state index contributed by atoms with van der Waals surface area (Å²) in [6, 6.07) is 5.56. The molecule has 132 valence electrons. The van der Waals surface area contributed by atoms with Crippen LogP contribution in [0.2, 0.25) is 0 Å². The van der Waals surface area contributed by atoms with Crippen molar-refractivity contribution >= 4 is 11.9 Å². The van der Waals surface area contributed by atoms with Gasteiger partial charge in [-0.25, -0.2) is 0 Å². The molecule has 8 heteroatoms. The normalized spacial score (nSPS) is 21.1. The number of carboxylic acid groups (broad SMARTS) is 1. The van der Waals surface area contributed by atoms with Crippen molar-refractivity contribution in [2.75, 3.05) is 0 Å². The van der Waals surface area contributed by atoms with Crippen molar-refractivity contribution in [1.29, 1.82) is 0 Å². The summed E-state index contributed by atoms with van der Waals surface area (Å²) in [5.74, 6) is -2.61. The number of alkyl halides is 3. The summed E-state index contributed by atoms with van der Waals surface area (Å²) in [5, 5.41) is 11.6. The predicted molar refractivity (Wildman–Crippen MR) is 78.1 cm³/mol. The first kappa shape index (κ1) is 18.1. The number of carbonyl (C=O) groups excluding carboxylic acids is 1. The number of aliphatic carboxylic acids is 1. The molecule has 0 radical (unpaired) electrons. The van der Waals surface area contributed by atoms with Crippen LogP contribution in [0.15, 0.2) is 24.3 Å². The number of para-hydroxylation sites is 1. The number of rotatable bonds is 5. The Hall–Kier alpha value is -2.25. The number of ether oxygens (including phenoxy) is 1. The molecule has 1 aliphatic rings. The van der Waals surface area contributed by atoms with Gasteiger partial charge in [-0.15, -0.1) is 13.2 Å². The van der Waals surface area contributed by atoms with E-state index in [0.29, 0.717) is 19.3 Å². The molecule has 1 fully saturated rings. The molecule has 2 rings (SSSR count). The first-order valence-corrected chi connectivity index (χ1v) is 7.60. The van der Waals surface area contributed by atoms with Crippen molar-refractivity contribution in [2.24, 2.45) is 11.8 Å². The van der Waals surface area contributed by atoms with E-state index in [2.05, 4.69) is 10.1 Å². The average molecular weight is 345 g/mol. The highest BCUT2D eigenvalue weighted by atomic mass is 19.4. The maximum Gasteiger partial charge on any atom is 0.573 e. The summed E-state index contributed by atoms with van der Waals surface area (Å²) < 4.78 is 41.0. The van der Waals surface area contributed by atoms with E-state index in [1.807, 2.05) is 0 Å². The van der Waals surface area contributed by atoms with E-state index in [1.54, 1.807) is 6.07 Å². The van der Waals surface area contributed by atoms with E-state index >= 15 is 0 Å². The predicted octanol–water partition coefficient (Wildman–Crippen LogP) is 3.09. The monoisotopic (exact) mass is 345 g/mol. The molecule has 0 saturated heterocycles. The third-order valence-corrected chi connectivity index (χ3v) is 4.05. The van der Waals surface area contributed by atoms with Gasteiger partial charge in [0.1, 0.15) is 5.75 Å². The summed E-state index contributed by atoms with van der Waals surface area (Å²) in [4.78, 5) is 23.2. The number of carbonyl (C=O) groups is 2. The molecule has 0 aromatic heterocycles. The minimum Gasteiger partial charge on any atom is -0.481 e. The van der Waals surface area contributed by atoms with Crippen molar-refractivity contribution in [3.05, 3.63) is 29.8 Å². The highest BCUT2D eigenvalue weighted by molar-refractivity contribution is 5.80. The molecule has 2 atom stereocenters. The summed E-state index contributed by atoms with van der Waals surface area (Å²) in [5.41, 5.74) is 0.203. The van der Waals surface area contributed by atoms with Crippen LogP contribution < -0.4 is 10.1 Å². The number of nitrogens with one attached hydrogen (secondary N) is 1. The topological polar surface area (TPSA) is 75.6 Å². The molecule has 5 nitrogen and oxygen atoms in total. The number of hydrogen-bond donors (Lipinski definition) is 2. The van der Waals surface area contributed by atoms with E-state index in [9.17, 15) is 22.8 Å². The van der Waals surface area contributed by atoms with Gasteiger partial charge in [0.15, 0.2) is 0 Å². The lowest BCUT2D eigenvalue weighted by Crippen LogP contribution is -2.35. The molecule has 2 unspecified atom stereocenters. The van der Waals surface area contributed by atoms with Crippen LogP contribution in [0.5, 0.6) is 5.75 Å². The Bertz CT molecular complexity index is 603. The van der Waals surface area contributed by atoms with Gasteiger partial charge in [0.05, 0.1) is 5.92 Å². The Morgan fingerprint density at radius 3 is 2.54 bits per heavy atom. The number of benzene rings is 1. The summed E-state index contributed by atoms with van der Waals surface area (Å²) >= 11 is 0. The van der Waals surface area contributed by atoms with Crippen LogP contribution in [0.1, 0.15) is 31.2 Å². The number of halogens is 3. The Morgan fingerprint density at radius 1 is 1.21 bits per heavy atom. The molecule has 0 spiro atoms. The first-order valence-electron chi connectivity index (χ1n) is 7.60. The van der Waals surface area contributed by atoms with Gasteiger partial charge in [0.2, 0.25) is 5.91 Å². The van der Waals surface area contributed by atoms with Crippen molar-refractivity contribution in [1.82, 2.24) is 5.32 Å². The highest BCUT2D eigenvalue weighted by Crippen LogP contribution is 2.30. The molecule has 0 aliphatic heterocycles. The fraction of sp³-hybridized carbons (Fsp3) is 0.500. The maximum atomic E-state index is 12.4. The summed E-state index contributed by atoms with van der Waals surface area (Å²) in [6.45, 7) is -0.112. The van der Waals surface area contributed by atoms with Crippen LogP contribution >= 0.6 is 0 Å². The molecule has 1 aromatic rings. The van der Waals surface area contributed by atoms with Gasteiger partial charge in [-0.3, -0.25) is 9.59 Å². The van der Waals surface area contributed by atoms with Gasteiger partial charge in [0.25, 0.3) is 0 Å². The third kappa shape index (κ3) is 5.14. The van der Waals surface area contributed by atoms with Gasteiger partial charge >= 0.3 is 12.3 Å². The van der Waals surface area contributed by atoms with Gasteiger partial charge in [0, 0.05) is 18.0 Å². The summed E-state index contributed by atoms with van der Waals surface area (Å²) in [6.07, 6.45) is -2.79. The van der Waals surface area contributed by atoms with E-state index < -0.39 is 24.2 Å². The maximum absolute atomic E-state index is 12.4. The van der Waals surface area contributed by atoms with Crippen LogP contribution in [0.25, 0.3) is 0 Å².